The van der Waals surface area contributed by atoms with Crippen molar-refractivity contribution in [2.45, 2.75) is 52.3 Å². The maximum Gasteiger partial charge on any atom is 0.240 e. The molecule has 0 aliphatic rings. The second-order valence-corrected chi connectivity index (χ2v) is 6.25. The molecule has 0 unspecified atom stereocenters. The Morgan fingerprint density at radius 1 is 1.27 bits per heavy atom. The Labute approximate surface area is 132 Å². The van der Waals surface area contributed by atoms with Crippen molar-refractivity contribution < 1.29 is 19.9 Å². The lowest BCUT2D eigenvalue weighted by atomic mass is 9.93. The van der Waals surface area contributed by atoms with Crippen molar-refractivity contribution in [3.05, 3.63) is 0 Å². The number of Topliss-reactive ketones (excluding diaryl/α,β-unsaturated/α-hetero) is 1. The summed E-state index contributed by atoms with van der Waals surface area (Å²) in [5.41, 5.74) is 0. The van der Waals surface area contributed by atoms with Gasteiger partial charge in [0.05, 0.1) is 12.1 Å². The minimum absolute atomic E-state index is 0.0275. The fraction of sp³-hybridized carbons (Fsp3) is 0.800. The van der Waals surface area contributed by atoms with Crippen LogP contribution in [0.3, 0.4) is 0 Å². The molecule has 0 aliphatic heterocycles. The van der Waals surface area contributed by atoms with Gasteiger partial charge < -0.3 is 15.6 Å². The zero-order valence-electron chi connectivity index (χ0n) is 14.3. The molecule has 7 nitrogen and oxygen atoms in total. The van der Waals surface area contributed by atoms with Crippen LogP contribution in [0.1, 0.15) is 34.1 Å². The van der Waals surface area contributed by atoms with Gasteiger partial charge in [-0.05, 0) is 39.3 Å². The quantitative estimate of drug-likeness (QED) is 0.326. The molecule has 0 radical (unpaired) electrons. The molecule has 3 N–H and O–H groups in total. The van der Waals surface area contributed by atoms with Crippen LogP contribution in [0, 0.1) is 11.8 Å². The zero-order valence-corrected chi connectivity index (χ0v) is 14.3. The van der Waals surface area contributed by atoms with Gasteiger partial charge in [-0.25, -0.2) is 0 Å². The van der Waals surface area contributed by atoms with Gasteiger partial charge in [0, 0.05) is 6.21 Å². The molecule has 4 atom stereocenters. The second kappa shape index (κ2) is 9.53. The van der Waals surface area contributed by atoms with Gasteiger partial charge in [0.2, 0.25) is 5.91 Å². The molecule has 0 aliphatic carbocycles. The minimum Gasteiger partial charge on any atom is -0.411 e. The summed E-state index contributed by atoms with van der Waals surface area (Å²) in [5.74, 6) is -0.806. The Morgan fingerprint density at radius 2 is 1.82 bits per heavy atom. The van der Waals surface area contributed by atoms with Crippen LogP contribution < -0.4 is 5.32 Å². The van der Waals surface area contributed by atoms with Crippen molar-refractivity contribution in [2.75, 3.05) is 14.1 Å². The Balaban J connectivity index is 5.08. The summed E-state index contributed by atoms with van der Waals surface area (Å²) < 4.78 is 0. The Morgan fingerprint density at radius 3 is 2.18 bits per heavy atom. The van der Waals surface area contributed by atoms with E-state index in [2.05, 4.69) is 10.5 Å². The zero-order chi connectivity index (χ0) is 17.4. The number of carbonyl (C=O) groups excluding carboxylic acids is 2. The van der Waals surface area contributed by atoms with Gasteiger partial charge in [-0.15, -0.1) is 5.16 Å². The largest absolute Gasteiger partial charge is 0.411 e. The van der Waals surface area contributed by atoms with Crippen LogP contribution in [0.15, 0.2) is 5.16 Å². The highest BCUT2D eigenvalue weighted by molar-refractivity contribution is 5.90. The maximum atomic E-state index is 12.5. The summed E-state index contributed by atoms with van der Waals surface area (Å²) in [5, 5.41) is 24.5. The smallest absolute Gasteiger partial charge is 0.240 e. The first-order chi connectivity index (χ1) is 10.1. The van der Waals surface area contributed by atoms with E-state index in [1.54, 1.807) is 25.9 Å². The topological polar surface area (TPSA) is 102 Å². The lowest BCUT2D eigenvalue weighted by Crippen LogP contribution is -2.56. The summed E-state index contributed by atoms with van der Waals surface area (Å²) in [7, 11) is 3.39. The second-order valence-electron chi connectivity index (χ2n) is 6.25. The molecule has 128 valence electrons. The number of aliphatic hydroxyl groups excluding tert-OH is 1. The molecule has 0 bridgehead atoms. The number of carbonyl (C=O) groups is 2. The lowest BCUT2D eigenvalue weighted by molar-refractivity contribution is -0.134. The number of rotatable bonds is 9. The molecule has 1 amide bonds. The summed E-state index contributed by atoms with van der Waals surface area (Å²) in [6.07, 6.45) is 0.674. The molecule has 0 rings (SSSR count). The van der Waals surface area contributed by atoms with Crippen LogP contribution in [0.4, 0.5) is 0 Å². The van der Waals surface area contributed by atoms with E-state index in [1.807, 2.05) is 13.8 Å². The van der Waals surface area contributed by atoms with Crippen molar-refractivity contribution in [1.82, 2.24) is 10.2 Å². The molecule has 22 heavy (non-hydrogen) atoms. The van der Waals surface area contributed by atoms with Gasteiger partial charge in [-0.3, -0.25) is 14.5 Å². The standard InChI is InChI=1S/C15H29N3O4/c1-9(2)12(11(4)19)17-15(21)13(18(5)6)14(20)10(3)7-8-16-22/h8-10,12-14,20,22H,7H2,1-6H3,(H,17,21)/b16-8+/t10-,12-,13-,14-/m1/s1. The number of ketones is 1. The minimum atomic E-state index is -0.951. The van der Waals surface area contributed by atoms with Crippen LogP contribution in [-0.4, -0.2) is 65.4 Å². The molecule has 0 spiro atoms. The average molecular weight is 315 g/mol. The molecule has 0 saturated heterocycles. The number of nitrogens with zero attached hydrogens (tertiary/aromatic N) is 2. The first-order valence-corrected chi connectivity index (χ1v) is 7.44. The number of nitrogens with one attached hydrogen (secondary N) is 1. The number of likely N-dealkylation sites (N-methyl/N-ethyl adjacent to an activating group) is 1. The van der Waals surface area contributed by atoms with E-state index >= 15 is 0 Å². The normalized spacial score (nSPS) is 17.5. The third kappa shape index (κ3) is 6.11. The number of aliphatic hydroxyl groups is 1. The van der Waals surface area contributed by atoms with E-state index in [1.165, 1.54) is 13.1 Å². The van der Waals surface area contributed by atoms with Crippen LogP contribution in [0.2, 0.25) is 0 Å². The molecule has 0 saturated carbocycles. The van der Waals surface area contributed by atoms with Gasteiger partial charge in [0.15, 0.2) is 5.78 Å². The van der Waals surface area contributed by atoms with Gasteiger partial charge in [-0.1, -0.05) is 20.8 Å². The number of hydrogen-bond donors (Lipinski definition) is 3. The monoisotopic (exact) mass is 315 g/mol. The van der Waals surface area contributed by atoms with E-state index in [0.717, 1.165) is 0 Å². The third-order valence-corrected chi connectivity index (χ3v) is 3.69. The third-order valence-electron chi connectivity index (χ3n) is 3.69. The van der Waals surface area contributed by atoms with E-state index in [-0.39, 0.29) is 23.5 Å². The highest BCUT2D eigenvalue weighted by atomic mass is 16.4. The van der Waals surface area contributed by atoms with Crippen molar-refractivity contribution in [3.63, 3.8) is 0 Å². The molecule has 0 aromatic carbocycles. The van der Waals surface area contributed by atoms with Gasteiger partial charge in [-0.2, -0.15) is 0 Å². The number of amides is 1. The summed E-state index contributed by atoms with van der Waals surface area (Å²) >= 11 is 0. The van der Waals surface area contributed by atoms with Crippen LogP contribution in [-0.2, 0) is 9.59 Å². The molecule has 7 heteroatoms. The molecular weight excluding hydrogens is 286 g/mol. The number of hydrogen-bond acceptors (Lipinski definition) is 6. The fourth-order valence-electron chi connectivity index (χ4n) is 2.34. The molecule has 0 aromatic heterocycles. The summed E-state index contributed by atoms with van der Waals surface area (Å²) in [6.45, 7) is 6.91. The molecule has 0 fully saturated rings. The van der Waals surface area contributed by atoms with Gasteiger partial charge in [0.25, 0.3) is 0 Å². The fourth-order valence-corrected chi connectivity index (χ4v) is 2.34. The predicted molar refractivity (Wildman–Crippen MR) is 85.0 cm³/mol. The van der Waals surface area contributed by atoms with E-state index in [4.69, 9.17) is 5.21 Å². The Hall–Kier alpha value is -1.47. The Bertz CT molecular complexity index is 396. The van der Waals surface area contributed by atoms with Crippen LogP contribution in [0.25, 0.3) is 0 Å². The lowest BCUT2D eigenvalue weighted by Gasteiger charge is -2.32. The van der Waals surface area contributed by atoms with Crippen LogP contribution >= 0.6 is 0 Å². The predicted octanol–water partition coefficient (Wildman–Crippen LogP) is 0.494. The van der Waals surface area contributed by atoms with E-state index < -0.39 is 18.2 Å². The first kappa shape index (κ1) is 20.5. The summed E-state index contributed by atoms with van der Waals surface area (Å²) in [6, 6.07) is -1.36. The van der Waals surface area contributed by atoms with E-state index in [0.29, 0.717) is 6.42 Å². The molecule has 0 heterocycles. The number of oxime groups is 1. The average Bonchev–Trinajstić information content (AvgIpc) is 2.40. The van der Waals surface area contributed by atoms with Crippen molar-refractivity contribution >= 4 is 17.9 Å². The highest BCUT2D eigenvalue weighted by Crippen LogP contribution is 2.15. The van der Waals surface area contributed by atoms with Gasteiger partial charge >= 0.3 is 0 Å². The Kier molecular flexibility index (Phi) is 8.89. The highest BCUT2D eigenvalue weighted by Gasteiger charge is 2.34. The van der Waals surface area contributed by atoms with E-state index in [9.17, 15) is 14.7 Å². The van der Waals surface area contributed by atoms with Crippen molar-refractivity contribution in [3.8, 4) is 0 Å². The molecular formula is C15H29N3O4. The molecule has 0 aromatic rings. The SMILES string of the molecule is CC(=O)[C@H](NC(=O)[C@@H]([C@H](O)[C@H](C)C/C=N/O)N(C)C)C(C)C. The van der Waals surface area contributed by atoms with Crippen LogP contribution in [0.5, 0.6) is 0 Å². The van der Waals surface area contributed by atoms with Crippen molar-refractivity contribution in [2.24, 2.45) is 17.0 Å². The van der Waals surface area contributed by atoms with Gasteiger partial charge in [0.1, 0.15) is 6.04 Å². The van der Waals surface area contributed by atoms with Crippen molar-refractivity contribution in [1.29, 1.82) is 0 Å². The first-order valence-electron chi connectivity index (χ1n) is 7.44. The summed E-state index contributed by atoms with van der Waals surface area (Å²) in [4.78, 5) is 25.7. The maximum absolute atomic E-state index is 12.5.